The van der Waals surface area contributed by atoms with E-state index >= 15 is 0 Å². The number of nitriles is 1. The molecule has 1 saturated heterocycles. The van der Waals surface area contributed by atoms with Crippen LogP contribution in [0.2, 0.25) is 0 Å². The zero-order chi connectivity index (χ0) is 15.0. The van der Waals surface area contributed by atoms with Gasteiger partial charge in [0.05, 0.1) is 30.0 Å². The Morgan fingerprint density at radius 2 is 1.81 bits per heavy atom. The lowest BCUT2D eigenvalue weighted by Gasteiger charge is -2.15. The highest BCUT2D eigenvalue weighted by Gasteiger charge is 2.47. The van der Waals surface area contributed by atoms with Crippen molar-refractivity contribution in [1.29, 1.82) is 5.26 Å². The zero-order valence-corrected chi connectivity index (χ0v) is 11.3. The Bertz CT molecular complexity index is 664. The topological polar surface area (TPSA) is 61.2 Å². The van der Waals surface area contributed by atoms with Crippen LogP contribution in [0.1, 0.15) is 24.0 Å². The molecular weight excluding hydrogens is 271 g/mol. The fraction of sp³-hybridized carbons (Fsp3) is 0.312. The van der Waals surface area contributed by atoms with Crippen molar-refractivity contribution < 1.29 is 14.0 Å². The molecule has 21 heavy (non-hydrogen) atoms. The fourth-order valence-corrected chi connectivity index (χ4v) is 2.94. The van der Waals surface area contributed by atoms with Gasteiger partial charge in [-0.25, -0.2) is 4.39 Å². The zero-order valence-electron chi connectivity index (χ0n) is 11.3. The molecule has 2 atom stereocenters. The minimum absolute atomic E-state index is 0.0673. The quantitative estimate of drug-likeness (QED) is 0.617. The number of carbonyl (C=O) groups excluding carboxylic acids is 2. The average molecular weight is 284 g/mol. The van der Waals surface area contributed by atoms with Gasteiger partial charge in [-0.1, -0.05) is 18.2 Å². The van der Waals surface area contributed by atoms with Gasteiger partial charge < -0.3 is 0 Å². The number of imide groups is 1. The Hall–Kier alpha value is -2.48. The van der Waals surface area contributed by atoms with E-state index in [2.05, 4.69) is 0 Å². The summed E-state index contributed by atoms with van der Waals surface area (Å²) in [6.45, 7) is -0.0673. The second-order valence-corrected chi connectivity index (χ2v) is 5.34. The summed E-state index contributed by atoms with van der Waals surface area (Å²) in [4.78, 5) is 25.7. The summed E-state index contributed by atoms with van der Waals surface area (Å²) in [6, 6.07) is 5.91. The van der Waals surface area contributed by atoms with Gasteiger partial charge in [0.25, 0.3) is 0 Å². The maximum absolute atomic E-state index is 13.9. The number of carbonyl (C=O) groups is 2. The van der Waals surface area contributed by atoms with Crippen molar-refractivity contribution >= 4 is 11.8 Å². The van der Waals surface area contributed by atoms with E-state index in [-0.39, 0.29) is 41.3 Å². The van der Waals surface area contributed by atoms with Gasteiger partial charge in [0.2, 0.25) is 11.8 Å². The summed E-state index contributed by atoms with van der Waals surface area (Å²) in [7, 11) is 0. The van der Waals surface area contributed by atoms with Gasteiger partial charge in [0.1, 0.15) is 5.82 Å². The maximum atomic E-state index is 13.9. The lowest BCUT2D eigenvalue weighted by atomic mass is 9.85. The molecule has 0 spiro atoms. The lowest BCUT2D eigenvalue weighted by molar-refractivity contribution is -0.140. The van der Waals surface area contributed by atoms with Crippen molar-refractivity contribution in [2.24, 2.45) is 11.8 Å². The van der Waals surface area contributed by atoms with Gasteiger partial charge >= 0.3 is 0 Å². The Labute approximate surface area is 121 Å². The third-order valence-electron chi connectivity index (χ3n) is 4.11. The second kappa shape index (κ2) is 5.13. The van der Waals surface area contributed by atoms with Crippen molar-refractivity contribution in [3.05, 3.63) is 47.3 Å². The first-order valence-corrected chi connectivity index (χ1v) is 6.80. The standard InChI is InChI=1S/C16H13FN2O2/c17-14-7-10(8-18)5-6-11(14)9-19-15(20)12-3-1-2-4-13(12)16(19)21/h1-2,5-7,12-13H,3-4,9H2/t12-,13-/m0/s1. The molecule has 3 rings (SSSR count). The molecule has 0 aromatic heterocycles. The number of hydrogen-bond donors (Lipinski definition) is 0. The molecule has 0 saturated carbocycles. The van der Waals surface area contributed by atoms with Crippen LogP contribution in [0.3, 0.4) is 0 Å². The minimum Gasteiger partial charge on any atom is -0.277 e. The maximum Gasteiger partial charge on any atom is 0.233 e. The van der Waals surface area contributed by atoms with Crippen LogP contribution in [0.5, 0.6) is 0 Å². The highest BCUT2D eigenvalue weighted by Crippen LogP contribution is 2.35. The Balaban J connectivity index is 1.84. The number of benzene rings is 1. The van der Waals surface area contributed by atoms with Gasteiger partial charge in [0.15, 0.2) is 0 Å². The van der Waals surface area contributed by atoms with E-state index in [4.69, 9.17) is 5.26 Å². The van der Waals surface area contributed by atoms with Crippen LogP contribution in [0.4, 0.5) is 4.39 Å². The van der Waals surface area contributed by atoms with Crippen LogP contribution < -0.4 is 0 Å². The molecule has 1 aromatic rings. The monoisotopic (exact) mass is 284 g/mol. The molecule has 1 heterocycles. The summed E-state index contributed by atoms with van der Waals surface area (Å²) in [5, 5.41) is 8.72. The Kier molecular flexibility index (Phi) is 3.30. The van der Waals surface area contributed by atoms with E-state index in [0.717, 1.165) is 11.0 Å². The van der Waals surface area contributed by atoms with Gasteiger partial charge in [-0.3, -0.25) is 14.5 Å². The van der Waals surface area contributed by atoms with Gasteiger partial charge in [-0.2, -0.15) is 5.26 Å². The molecule has 0 bridgehead atoms. The van der Waals surface area contributed by atoms with E-state index < -0.39 is 5.82 Å². The second-order valence-electron chi connectivity index (χ2n) is 5.34. The van der Waals surface area contributed by atoms with Crippen LogP contribution in [0, 0.1) is 29.0 Å². The largest absolute Gasteiger partial charge is 0.277 e. The number of halogens is 1. The lowest BCUT2D eigenvalue weighted by Crippen LogP contribution is -2.30. The number of nitrogens with zero attached hydrogens (tertiary/aromatic N) is 2. The molecule has 0 unspecified atom stereocenters. The molecule has 5 heteroatoms. The molecule has 1 aliphatic heterocycles. The van der Waals surface area contributed by atoms with Crippen LogP contribution in [-0.2, 0) is 16.1 Å². The van der Waals surface area contributed by atoms with Gasteiger partial charge in [-0.15, -0.1) is 0 Å². The number of likely N-dealkylation sites (tertiary alicyclic amines) is 1. The number of hydrogen-bond acceptors (Lipinski definition) is 3. The van der Waals surface area contributed by atoms with Crippen molar-refractivity contribution in [1.82, 2.24) is 4.90 Å². The molecule has 0 N–H and O–H groups in total. The van der Waals surface area contributed by atoms with E-state index in [9.17, 15) is 14.0 Å². The molecule has 106 valence electrons. The fourth-order valence-electron chi connectivity index (χ4n) is 2.94. The molecule has 1 fully saturated rings. The van der Waals surface area contributed by atoms with Crippen molar-refractivity contribution in [3.8, 4) is 6.07 Å². The normalized spacial score (nSPS) is 24.1. The number of allylic oxidation sites excluding steroid dienone is 2. The molecule has 4 nitrogen and oxygen atoms in total. The minimum atomic E-state index is -0.567. The summed E-state index contributed by atoms with van der Waals surface area (Å²) in [5.41, 5.74) is 0.468. The van der Waals surface area contributed by atoms with Gasteiger partial charge in [-0.05, 0) is 25.0 Å². The van der Waals surface area contributed by atoms with Crippen LogP contribution in [0.15, 0.2) is 30.4 Å². The summed E-state index contributed by atoms with van der Waals surface area (Å²) < 4.78 is 13.9. The Morgan fingerprint density at radius 3 is 2.33 bits per heavy atom. The molecule has 2 aliphatic rings. The first kappa shape index (κ1) is 13.5. The average Bonchev–Trinajstić information content (AvgIpc) is 2.74. The predicted octanol–water partition coefficient (Wildman–Crippen LogP) is 2.15. The number of amides is 2. The van der Waals surface area contributed by atoms with E-state index in [1.54, 1.807) is 0 Å². The molecule has 1 aromatic carbocycles. The highest BCUT2D eigenvalue weighted by atomic mass is 19.1. The molecule has 2 amide bonds. The van der Waals surface area contributed by atoms with E-state index in [0.29, 0.717) is 12.8 Å². The van der Waals surface area contributed by atoms with Gasteiger partial charge in [0, 0.05) is 5.56 Å². The number of fused-ring (bicyclic) bond motifs is 1. The van der Waals surface area contributed by atoms with E-state index in [1.807, 2.05) is 18.2 Å². The third-order valence-corrected chi connectivity index (χ3v) is 4.11. The smallest absolute Gasteiger partial charge is 0.233 e. The van der Waals surface area contributed by atoms with E-state index in [1.165, 1.54) is 12.1 Å². The Morgan fingerprint density at radius 1 is 1.19 bits per heavy atom. The summed E-state index contributed by atoms with van der Waals surface area (Å²) >= 11 is 0. The SMILES string of the molecule is N#Cc1ccc(CN2C(=O)[C@H]3CC=CC[C@@H]3C2=O)c(F)c1. The van der Waals surface area contributed by atoms with Crippen molar-refractivity contribution in [2.75, 3.05) is 0 Å². The molecule has 1 aliphatic carbocycles. The number of rotatable bonds is 2. The van der Waals surface area contributed by atoms with Crippen LogP contribution in [-0.4, -0.2) is 16.7 Å². The van der Waals surface area contributed by atoms with Crippen LogP contribution >= 0.6 is 0 Å². The first-order valence-electron chi connectivity index (χ1n) is 6.80. The third kappa shape index (κ3) is 2.23. The summed E-state index contributed by atoms with van der Waals surface area (Å²) in [5.74, 6) is -1.62. The molecule has 0 radical (unpaired) electrons. The summed E-state index contributed by atoms with van der Waals surface area (Å²) in [6.07, 6.45) is 4.97. The first-order chi connectivity index (χ1) is 10.1. The predicted molar refractivity (Wildman–Crippen MR) is 72.0 cm³/mol. The van der Waals surface area contributed by atoms with Crippen molar-refractivity contribution in [2.45, 2.75) is 19.4 Å². The highest BCUT2D eigenvalue weighted by molar-refractivity contribution is 6.05. The van der Waals surface area contributed by atoms with Crippen molar-refractivity contribution in [3.63, 3.8) is 0 Å². The van der Waals surface area contributed by atoms with Crippen LogP contribution in [0.25, 0.3) is 0 Å². The molecular formula is C16H13FN2O2.